The number of unbranched alkanes of at least 4 members (excludes halogenated alkanes) is 3. The number of Topliss-reactive ketones (excluding diaryl/α,β-unsaturated/α-hetero) is 1. The molecular weight excluding hydrogens is 320 g/mol. The molecule has 2 heterocycles. The van der Waals surface area contributed by atoms with E-state index in [0.29, 0.717) is 49.3 Å². The Balaban J connectivity index is 1.91. The van der Waals surface area contributed by atoms with Gasteiger partial charge in [0.2, 0.25) is 11.8 Å². The number of hydrogen-bond acceptors (Lipinski definition) is 6. The first-order chi connectivity index (χ1) is 12.2. The van der Waals surface area contributed by atoms with Gasteiger partial charge in [-0.1, -0.05) is 26.2 Å². The number of hydrogen-bond donors (Lipinski definition) is 0. The Hall–Kier alpha value is -2.37. The topological polar surface area (TPSA) is 69.5 Å². The Morgan fingerprint density at radius 3 is 2.48 bits per heavy atom. The van der Waals surface area contributed by atoms with Gasteiger partial charge < -0.3 is 14.2 Å². The maximum Gasteiger partial charge on any atom is 0.237 e. The molecule has 0 saturated carbocycles. The molecule has 2 rings (SSSR count). The standard InChI is InChI=1S/C19H26N2O4/c1-3-5-6-7-8-17(22)15-9-11-24-18(13-15)20-21-19-14-16(23-4-2)10-12-25-19/h9-10,13-14H,3-8,11-12H2,1-2H3. The minimum absolute atomic E-state index is 0.127. The van der Waals surface area contributed by atoms with Crippen LogP contribution in [-0.4, -0.2) is 25.6 Å². The second-order valence-electron chi connectivity index (χ2n) is 5.72. The Morgan fingerprint density at radius 1 is 1.04 bits per heavy atom. The summed E-state index contributed by atoms with van der Waals surface area (Å²) in [7, 11) is 0. The first kappa shape index (κ1) is 19.0. The van der Waals surface area contributed by atoms with Crippen molar-refractivity contribution in [3.63, 3.8) is 0 Å². The molecule has 6 nitrogen and oxygen atoms in total. The molecule has 0 spiro atoms. The van der Waals surface area contributed by atoms with E-state index in [4.69, 9.17) is 14.2 Å². The van der Waals surface area contributed by atoms with E-state index in [1.807, 2.05) is 13.0 Å². The van der Waals surface area contributed by atoms with Crippen LogP contribution in [0.1, 0.15) is 46.0 Å². The minimum Gasteiger partial charge on any atom is -0.494 e. The molecule has 0 unspecified atom stereocenters. The maximum atomic E-state index is 12.2. The third-order valence-corrected chi connectivity index (χ3v) is 3.73. The van der Waals surface area contributed by atoms with Crippen molar-refractivity contribution in [1.82, 2.24) is 0 Å². The molecular formula is C19H26N2O4. The summed E-state index contributed by atoms with van der Waals surface area (Å²) < 4.78 is 16.2. The minimum atomic E-state index is 0.127. The summed E-state index contributed by atoms with van der Waals surface area (Å²) in [4.78, 5) is 12.2. The van der Waals surface area contributed by atoms with E-state index in [1.165, 1.54) is 0 Å². The van der Waals surface area contributed by atoms with Gasteiger partial charge in [0.05, 0.1) is 6.61 Å². The van der Waals surface area contributed by atoms with Crippen LogP contribution in [0.3, 0.4) is 0 Å². The average Bonchev–Trinajstić information content (AvgIpc) is 2.64. The molecule has 2 aliphatic heterocycles. The smallest absolute Gasteiger partial charge is 0.237 e. The summed E-state index contributed by atoms with van der Waals surface area (Å²) in [5.41, 5.74) is 0.644. The molecule has 0 aliphatic carbocycles. The van der Waals surface area contributed by atoms with Crippen molar-refractivity contribution in [2.75, 3.05) is 19.8 Å². The van der Waals surface area contributed by atoms with E-state index < -0.39 is 0 Å². The number of carbonyl (C=O) groups is 1. The van der Waals surface area contributed by atoms with Crippen LogP contribution in [0.15, 0.2) is 57.6 Å². The van der Waals surface area contributed by atoms with Gasteiger partial charge in [-0.25, -0.2) is 0 Å². The van der Waals surface area contributed by atoms with E-state index >= 15 is 0 Å². The number of allylic oxidation sites excluding steroid dienone is 3. The first-order valence-corrected chi connectivity index (χ1v) is 8.90. The fourth-order valence-electron chi connectivity index (χ4n) is 2.41. The van der Waals surface area contributed by atoms with Crippen molar-refractivity contribution >= 4 is 5.78 Å². The van der Waals surface area contributed by atoms with E-state index in [2.05, 4.69) is 17.2 Å². The third-order valence-electron chi connectivity index (χ3n) is 3.73. The largest absolute Gasteiger partial charge is 0.494 e. The van der Waals surface area contributed by atoms with Gasteiger partial charge in [-0.15, -0.1) is 10.2 Å². The lowest BCUT2D eigenvalue weighted by Crippen LogP contribution is -2.07. The molecule has 0 amide bonds. The molecule has 0 fully saturated rings. The van der Waals surface area contributed by atoms with Crippen LogP contribution in [0.5, 0.6) is 0 Å². The third kappa shape index (κ3) is 6.57. The molecule has 0 aromatic carbocycles. The summed E-state index contributed by atoms with van der Waals surface area (Å²) in [6, 6.07) is 0. The van der Waals surface area contributed by atoms with Crippen molar-refractivity contribution in [3.05, 3.63) is 47.4 Å². The predicted octanol–water partition coefficient (Wildman–Crippen LogP) is 4.57. The molecule has 0 aromatic heterocycles. The zero-order chi connectivity index (χ0) is 17.9. The number of rotatable bonds is 10. The normalized spacial score (nSPS) is 17.0. The SMILES string of the molecule is CCCCCCC(=O)C1=CCOC(N=NC2=CC(OCC)=CCO2)=C1. The van der Waals surface area contributed by atoms with Crippen molar-refractivity contribution in [3.8, 4) is 0 Å². The fourth-order valence-corrected chi connectivity index (χ4v) is 2.41. The van der Waals surface area contributed by atoms with E-state index in [0.717, 1.165) is 25.7 Å². The fraction of sp³-hybridized carbons (Fsp3) is 0.526. The van der Waals surface area contributed by atoms with Crippen LogP contribution >= 0.6 is 0 Å². The van der Waals surface area contributed by atoms with E-state index in [-0.39, 0.29) is 5.78 Å². The number of ketones is 1. The summed E-state index contributed by atoms with van der Waals surface area (Å²) in [6.07, 6.45) is 11.8. The Kier molecular flexibility index (Phi) is 7.95. The van der Waals surface area contributed by atoms with E-state index in [9.17, 15) is 4.79 Å². The lowest BCUT2D eigenvalue weighted by atomic mass is 10.0. The molecule has 25 heavy (non-hydrogen) atoms. The number of ether oxygens (including phenoxy) is 3. The monoisotopic (exact) mass is 346 g/mol. The lowest BCUT2D eigenvalue weighted by molar-refractivity contribution is -0.115. The highest BCUT2D eigenvalue weighted by atomic mass is 16.5. The van der Waals surface area contributed by atoms with Crippen LogP contribution in [0.25, 0.3) is 0 Å². The van der Waals surface area contributed by atoms with Crippen LogP contribution in [0, 0.1) is 0 Å². The summed E-state index contributed by atoms with van der Waals surface area (Å²) in [5.74, 6) is 1.51. The summed E-state index contributed by atoms with van der Waals surface area (Å²) in [5, 5.41) is 8.07. The second-order valence-corrected chi connectivity index (χ2v) is 5.72. The summed E-state index contributed by atoms with van der Waals surface area (Å²) in [6.45, 7) is 5.36. The van der Waals surface area contributed by atoms with Gasteiger partial charge >= 0.3 is 0 Å². The number of carbonyl (C=O) groups excluding carboxylic acids is 1. The number of nitrogens with zero attached hydrogens (tertiary/aromatic N) is 2. The molecule has 136 valence electrons. The Morgan fingerprint density at radius 2 is 1.76 bits per heavy atom. The lowest BCUT2D eigenvalue weighted by Gasteiger charge is -2.13. The predicted molar refractivity (Wildman–Crippen MR) is 94.5 cm³/mol. The zero-order valence-electron chi connectivity index (χ0n) is 15.0. The van der Waals surface area contributed by atoms with E-state index in [1.54, 1.807) is 18.2 Å². The van der Waals surface area contributed by atoms with Gasteiger partial charge in [0.15, 0.2) is 5.78 Å². The zero-order valence-corrected chi connectivity index (χ0v) is 15.0. The van der Waals surface area contributed by atoms with Gasteiger partial charge in [0, 0.05) is 24.1 Å². The van der Waals surface area contributed by atoms with Gasteiger partial charge in [0.1, 0.15) is 19.0 Å². The Bertz CT molecular complexity index is 615. The van der Waals surface area contributed by atoms with Crippen molar-refractivity contribution in [2.24, 2.45) is 10.2 Å². The van der Waals surface area contributed by atoms with Crippen molar-refractivity contribution < 1.29 is 19.0 Å². The van der Waals surface area contributed by atoms with Gasteiger partial charge in [-0.3, -0.25) is 4.79 Å². The highest BCUT2D eigenvalue weighted by Gasteiger charge is 2.13. The maximum absolute atomic E-state index is 12.2. The molecule has 0 N–H and O–H groups in total. The first-order valence-electron chi connectivity index (χ1n) is 8.90. The van der Waals surface area contributed by atoms with Crippen LogP contribution in [0.4, 0.5) is 0 Å². The molecule has 0 atom stereocenters. The van der Waals surface area contributed by atoms with Gasteiger partial charge in [-0.2, -0.15) is 0 Å². The number of azo groups is 1. The highest BCUT2D eigenvalue weighted by Crippen LogP contribution is 2.19. The Labute approximate surface area is 148 Å². The quantitative estimate of drug-likeness (QED) is 0.429. The molecule has 0 aromatic rings. The molecule has 0 radical (unpaired) electrons. The van der Waals surface area contributed by atoms with Crippen LogP contribution in [-0.2, 0) is 19.0 Å². The van der Waals surface area contributed by atoms with Gasteiger partial charge in [0.25, 0.3) is 0 Å². The summed E-state index contributed by atoms with van der Waals surface area (Å²) >= 11 is 0. The second kappa shape index (κ2) is 10.5. The molecule has 2 aliphatic rings. The highest BCUT2D eigenvalue weighted by molar-refractivity contribution is 5.98. The van der Waals surface area contributed by atoms with Crippen molar-refractivity contribution in [1.29, 1.82) is 0 Å². The molecule has 0 saturated heterocycles. The van der Waals surface area contributed by atoms with Gasteiger partial charge in [-0.05, 0) is 25.5 Å². The van der Waals surface area contributed by atoms with Crippen LogP contribution in [0.2, 0.25) is 0 Å². The molecule has 0 bridgehead atoms. The van der Waals surface area contributed by atoms with Crippen molar-refractivity contribution in [2.45, 2.75) is 46.0 Å². The average molecular weight is 346 g/mol. The molecule has 6 heteroatoms. The van der Waals surface area contributed by atoms with Crippen LogP contribution < -0.4 is 0 Å².